The quantitative estimate of drug-likeness (QED) is 0.451. The largest absolute Gasteiger partial charge is 0.275 e. The van der Waals surface area contributed by atoms with Crippen LogP contribution >= 0.6 is 23.2 Å². The molecule has 0 heterocycles. The molecule has 0 aromatic heterocycles. The van der Waals surface area contributed by atoms with Gasteiger partial charge >= 0.3 is 0 Å². The summed E-state index contributed by atoms with van der Waals surface area (Å²) in [5.74, 6) is -13.6. The highest BCUT2D eigenvalue weighted by Gasteiger charge is 2.33. The van der Waals surface area contributed by atoms with Gasteiger partial charge in [-0.15, -0.1) is 0 Å². The maximum atomic E-state index is 13.8. The summed E-state index contributed by atoms with van der Waals surface area (Å²) in [6.45, 7) is 0. The average Bonchev–Trinajstić information content (AvgIpc) is 2.43. The predicted octanol–water partition coefficient (Wildman–Crippen LogP) is 4.43. The molecule has 0 N–H and O–H groups in total. The van der Waals surface area contributed by atoms with Crippen LogP contribution < -0.4 is 0 Å². The van der Waals surface area contributed by atoms with Crippen molar-refractivity contribution in [2.75, 3.05) is 0 Å². The highest BCUT2D eigenvalue weighted by atomic mass is 35.5. The number of hydrogen-bond acceptors (Lipinski definition) is 2. The Morgan fingerprint density at radius 2 is 0.818 bits per heavy atom. The lowest BCUT2D eigenvalue weighted by Crippen LogP contribution is -2.11. The third kappa shape index (κ3) is 2.14. The van der Waals surface area contributed by atoms with E-state index >= 15 is 0 Å². The van der Waals surface area contributed by atoms with E-state index in [4.69, 9.17) is 23.2 Å². The lowest BCUT2D eigenvalue weighted by molar-refractivity contribution is 0.106. The zero-order chi connectivity index (χ0) is 16.9. The van der Waals surface area contributed by atoms with Gasteiger partial charge in [0, 0.05) is 10.8 Å². The van der Waals surface area contributed by atoms with Crippen molar-refractivity contribution in [1.29, 1.82) is 0 Å². The second-order valence-electron chi connectivity index (χ2n) is 3.93. The van der Waals surface area contributed by atoms with Crippen molar-refractivity contribution in [2.24, 2.45) is 0 Å². The molecule has 116 valence electrons. The third-order valence-electron chi connectivity index (χ3n) is 2.79. The van der Waals surface area contributed by atoms with E-state index in [0.29, 0.717) is 0 Å². The second kappa shape index (κ2) is 5.44. The van der Waals surface area contributed by atoms with E-state index in [-0.39, 0.29) is 0 Å². The van der Waals surface area contributed by atoms with Crippen molar-refractivity contribution in [3.05, 3.63) is 46.0 Å². The minimum atomic E-state index is -2.33. The molecule has 0 saturated heterocycles. The molecule has 2 aromatic carbocycles. The van der Waals surface area contributed by atoms with E-state index in [1.807, 2.05) is 0 Å². The van der Waals surface area contributed by atoms with Crippen LogP contribution in [-0.2, 0) is 0 Å². The van der Waals surface area contributed by atoms with Gasteiger partial charge in [-0.05, 0) is 23.2 Å². The van der Waals surface area contributed by atoms with Crippen molar-refractivity contribution in [3.63, 3.8) is 0 Å². The number of rotatable bonds is 2. The Labute approximate surface area is 127 Å². The van der Waals surface area contributed by atoms with Crippen LogP contribution in [0.15, 0.2) is 0 Å². The van der Waals surface area contributed by atoms with Crippen LogP contribution in [0.5, 0.6) is 0 Å². The van der Waals surface area contributed by atoms with Gasteiger partial charge in [-0.1, -0.05) is 0 Å². The van der Waals surface area contributed by atoms with Crippen LogP contribution in [0, 0.1) is 34.9 Å². The van der Waals surface area contributed by atoms with Crippen LogP contribution in [0.2, 0.25) is 0 Å². The molecule has 0 atom stereocenters. The van der Waals surface area contributed by atoms with Crippen LogP contribution in [-0.4, -0.2) is 10.5 Å². The Balaban J connectivity index is 3.33. The fourth-order valence-electron chi connectivity index (χ4n) is 1.91. The average molecular weight is 361 g/mol. The summed E-state index contributed by atoms with van der Waals surface area (Å²) in [5.41, 5.74) is -3.18. The minimum absolute atomic E-state index is 1.53. The zero-order valence-corrected chi connectivity index (χ0v) is 11.4. The number of fused-ring (bicyclic) bond motifs is 1. The lowest BCUT2D eigenvalue weighted by Gasteiger charge is -2.12. The van der Waals surface area contributed by atoms with E-state index in [1.54, 1.807) is 0 Å². The highest BCUT2D eigenvalue weighted by molar-refractivity contribution is 6.70. The van der Waals surface area contributed by atoms with E-state index in [0.717, 1.165) is 0 Å². The molecule has 10 heteroatoms. The van der Waals surface area contributed by atoms with Crippen molar-refractivity contribution < 1.29 is 35.9 Å². The maximum absolute atomic E-state index is 13.8. The molecule has 2 nitrogen and oxygen atoms in total. The molecule has 0 spiro atoms. The third-order valence-corrected chi connectivity index (χ3v) is 3.17. The number of benzene rings is 2. The van der Waals surface area contributed by atoms with E-state index in [1.165, 1.54) is 0 Å². The van der Waals surface area contributed by atoms with Crippen LogP contribution in [0.3, 0.4) is 0 Å². The van der Waals surface area contributed by atoms with E-state index in [2.05, 4.69) is 0 Å². The Hall–Kier alpha value is -1.80. The maximum Gasteiger partial charge on any atom is 0.256 e. The normalized spacial score (nSPS) is 11.1. The van der Waals surface area contributed by atoms with Crippen LogP contribution in [0.4, 0.5) is 26.3 Å². The first-order valence-electron chi connectivity index (χ1n) is 5.17. The van der Waals surface area contributed by atoms with Crippen molar-refractivity contribution in [1.82, 2.24) is 0 Å². The fourth-order valence-corrected chi connectivity index (χ4v) is 2.26. The first-order valence-corrected chi connectivity index (χ1v) is 5.93. The lowest BCUT2D eigenvalue weighted by atomic mass is 9.97. The molecular formula is C12Cl2F6O2. The van der Waals surface area contributed by atoms with Gasteiger partial charge in [-0.2, -0.15) is 0 Å². The molecule has 0 unspecified atom stereocenters. The molecule has 22 heavy (non-hydrogen) atoms. The summed E-state index contributed by atoms with van der Waals surface area (Å²) in [6.07, 6.45) is 0. The molecule has 0 bridgehead atoms. The monoisotopic (exact) mass is 360 g/mol. The van der Waals surface area contributed by atoms with Crippen molar-refractivity contribution >= 4 is 44.5 Å². The van der Waals surface area contributed by atoms with Gasteiger partial charge in [-0.3, -0.25) is 9.59 Å². The fraction of sp³-hybridized carbons (Fsp3) is 0. The Kier molecular flexibility index (Phi) is 4.09. The van der Waals surface area contributed by atoms with Gasteiger partial charge in [0.2, 0.25) is 0 Å². The molecule has 0 aliphatic heterocycles. The van der Waals surface area contributed by atoms with Crippen molar-refractivity contribution in [3.8, 4) is 0 Å². The molecule has 0 aliphatic rings. The smallest absolute Gasteiger partial charge is 0.256 e. The first kappa shape index (κ1) is 16.6. The molecule has 0 amide bonds. The molecule has 0 fully saturated rings. The summed E-state index contributed by atoms with van der Waals surface area (Å²) in [7, 11) is 0. The Morgan fingerprint density at radius 3 is 1.05 bits per heavy atom. The van der Waals surface area contributed by atoms with Gasteiger partial charge in [0.25, 0.3) is 10.5 Å². The summed E-state index contributed by atoms with van der Waals surface area (Å²) < 4.78 is 81.6. The van der Waals surface area contributed by atoms with Gasteiger partial charge in [0.1, 0.15) is 0 Å². The summed E-state index contributed by atoms with van der Waals surface area (Å²) in [6, 6.07) is 0. The van der Waals surface area contributed by atoms with E-state index < -0.39 is 67.3 Å². The molecule has 2 rings (SSSR count). The topological polar surface area (TPSA) is 34.1 Å². The second-order valence-corrected chi connectivity index (χ2v) is 4.62. The highest BCUT2D eigenvalue weighted by Crippen LogP contribution is 2.36. The number of hydrogen-bond donors (Lipinski definition) is 0. The zero-order valence-electron chi connectivity index (χ0n) is 9.84. The molecule has 0 saturated carbocycles. The summed E-state index contributed by atoms with van der Waals surface area (Å²) in [4.78, 5) is 22.2. The summed E-state index contributed by atoms with van der Waals surface area (Å²) in [5, 5.41) is -6.70. The molecule has 0 radical (unpaired) electrons. The summed E-state index contributed by atoms with van der Waals surface area (Å²) >= 11 is 9.88. The predicted molar refractivity (Wildman–Crippen MR) is 64.1 cm³/mol. The number of halogens is 8. The van der Waals surface area contributed by atoms with Crippen LogP contribution in [0.1, 0.15) is 20.7 Å². The Bertz CT molecular complexity index is 794. The Morgan fingerprint density at radius 1 is 0.545 bits per heavy atom. The van der Waals surface area contributed by atoms with Gasteiger partial charge in [-0.25, -0.2) is 26.3 Å². The number of carbonyl (C=O) groups excluding carboxylic acids is 2. The minimum Gasteiger partial charge on any atom is -0.275 e. The van der Waals surface area contributed by atoms with Crippen LogP contribution in [0.25, 0.3) is 10.8 Å². The molecule has 0 aliphatic carbocycles. The first-order chi connectivity index (χ1) is 10.1. The van der Waals surface area contributed by atoms with Crippen molar-refractivity contribution in [2.45, 2.75) is 0 Å². The van der Waals surface area contributed by atoms with Gasteiger partial charge < -0.3 is 0 Å². The molecule has 2 aromatic rings. The van der Waals surface area contributed by atoms with E-state index in [9.17, 15) is 35.9 Å². The van der Waals surface area contributed by atoms with Gasteiger partial charge in [0.15, 0.2) is 34.9 Å². The van der Waals surface area contributed by atoms with Gasteiger partial charge in [0.05, 0.1) is 11.1 Å². The molecular weight excluding hydrogens is 361 g/mol. The SMILES string of the molecule is O=C(Cl)c1c(F)c(F)c(F)c2c(C(=O)Cl)c(F)c(F)c(F)c12. The standard InChI is InChI=1S/C12Cl2F6O2/c13-11(21)3-1-2(6(16)10(20)7(3)17)4(12(14)22)8(18)9(19)5(1)15. The number of carbonyl (C=O) groups is 2.